The van der Waals surface area contributed by atoms with Crippen LogP contribution in [-0.4, -0.2) is 46.6 Å². The minimum atomic E-state index is -1.43. The molecule has 2 aromatic heterocycles. The topological polar surface area (TPSA) is 67.7 Å². The van der Waals surface area contributed by atoms with Gasteiger partial charge < -0.3 is 19.8 Å². The quantitative estimate of drug-likeness (QED) is 0.527. The Morgan fingerprint density at radius 3 is 2.74 bits per heavy atom. The zero-order valence-corrected chi connectivity index (χ0v) is 19.7. The first-order valence-corrected chi connectivity index (χ1v) is 11.1. The first kappa shape index (κ1) is 24.5. The molecule has 0 bridgehead atoms. The molecule has 1 saturated heterocycles. The van der Waals surface area contributed by atoms with Crippen molar-refractivity contribution in [1.29, 1.82) is 0 Å². The Bertz CT molecular complexity index is 1250. The van der Waals surface area contributed by atoms with Crippen molar-refractivity contribution in [2.24, 2.45) is 0 Å². The van der Waals surface area contributed by atoms with Gasteiger partial charge in [0.1, 0.15) is 11.5 Å². The maximum absolute atomic E-state index is 15.3. The lowest BCUT2D eigenvalue weighted by molar-refractivity contribution is 0.0286. The number of nitrogens with one attached hydrogen (secondary N) is 2. The van der Waals surface area contributed by atoms with E-state index in [0.29, 0.717) is 30.9 Å². The van der Waals surface area contributed by atoms with Gasteiger partial charge in [0.25, 0.3) is 5.91 Å². The fourth-order valence-electron chi connectivity index (χ4n) is 4.19. The van der Waals surface area contributed by atoms with E-state index in [0.717, 1.165) is 31.0 Å². The van der Waals surface area contributed by atoms with Gasteiger partial charge in [-0.05, 0) is 50.5 Å². The molecule has 5 rings (SSSR count). The van der Waals surface area contributed by atoms with Crippen LogP contribution in [0.5, 0.6) is 0 Å². The average molecular weight is 495 g/mol. The highest BCUT2D eigenvalue weighted by atomic mass is 35.5. The lowest BCUT2D eigenvalue weighted by Gasteiger charge is -2.24. The van der Waals surface area contributed by atoms with Crippen molar-refractivity contribution in [2.75, 3.05) is 19.7 Å². The van der Waals surface area contributed by atoms with Gasteiger partial charge in [-0.1, -0.05) is 0 Å². The smallest absolute Gasteiger partial charge is 0.254 e. The van der Waals surface area contributed by atoms with Crippen LogP contribution in [0.4, 0.5) is 13.2 Å². The predicted octanol–water partition coefficient (Wildman–Crippen LogP) is 3.96. The molecule has 6 nitrogen and oxygen atoms in total. The summed E-state index contributed by atoms with van der Waals surface area (Å²) in [6.07, 6.45) is 3.36. The summed E-state index contributed by atoms with van der Waals surface area (Å²) in [5, 5.41) is 5.87. The maximum Gasteiger partial charge on any atom is 0.254 e. The molecule has 10 heteroatoms. The van der Waals surface area contributed by atoms with Crippen molar-refractivity contribution in [3.8, 4) is 11.3 Å². The van der Waals surface area contributed by atoms with E-state index < -0.39 is 40.0 Å². The number of aryl methyl sites for hydroxylation is 1. The summed E-state index contributed by atoms with van der Waals surface area (Å²) in [6.45, 7) is 5.52. The molecule has 2 fully saturated rings. The minimum Gasteiger partial charge on any atom is -0.375 e. The Balaban J connectivity index is 0.00000274. The monoisotopic (exact) mass is 494 g/mol. The maximum atomic E-state index is 15.3. The summed E-state index contributed by atoms with van der Waals surface area (Å²) in [5.41, 5.74) is 0.254. The van der Waals surface area contributed by atoms with Crippen molar-refractivity contribution in [2.45, 2.75) is 44.8 Å². The zero-order chi connectivity index (χ0) is 23.3. The van der Waals surface area contributed by atoms with Crippen LogP contribution in [0.3, 0.4) is 0 Å². The Hall–Kier alpha value is -2.62. The van der Waals surface area contributed by atoms with E-state index in [2.05, 4.69) is 15.6 Å². The lowest BCUT2D eigenvalue weighted by Crippen LogP contribution is -2.39. The van der Waals surface area contributed by atoms with Crippen LogP contribution >= 0.6 is 12.4 Å². The van der Waals surface area contributed by atoms with Crippen LogP contribution in [0.15, 0.2) is 24.4 Å². The fourth-order valence-corrected chi connectivity index (χ4v) is 4.19. The summed E-state index contributed by atoms with van der Waals surface area (Å²) in [6, 6.07) is 4.41. The second-order valence-corrected chi connectivity index (χ2v) is 9.16. The number of fused-ring (bicyclic) bond motifs is 1. The number of hydrogen-bond donors (Lipinski definition) is 2. The SMILES string of the molecule is Cc1ccn2c(C[C@H]3CNCCO3)c(-c3c(F)cc(C(=O)NC4(C)CC4)c(F)c3F)nc2c1.Cl. The third kappa shape index (κ3) is 4.52. The van der Waals surface area contributed by atoms with Gasteiger partial charge in [-0.25, -0.2) is 18.2 Å². The third-order valence-electron chi connectivity index (χ3n) is 6.36. The summed E-state index contributed by atoms with van der Waals surface area (Å²) in [4.78, 5) is 16.9. The van der Waals surface area contributed by atoms with Crippen molar-refractivity contribution in [1.82, 2.24) is 20.0 Å². The van der Waals surface area contributed by atoms with Gasteiger partial charge in [0.2, 0.25) is 0 Å². The number of pyridine rings is 1. The molecular weight excluding hydrogens is 469 g/mol. The number of ether oxygens (including phenoxy) is 1. The molecule has 1 aliphatic heterocycles. The predicted molar refractivity (Wildman–Crippen MR) is 124 cm³/mol. The summed E-state index contributed by atoms with van der Waals surface area (Å²) >= 11 is 0. The number of morpholine rings is 1. The number of amides is 1. The molecule has 3 aromatic rings. The van der Waals surface area contributed by atoms with Gasteiger partial charge in [0, 0.05) is 31.2 Å². The van der Waals surface area contributed by atoms with Gasteiger partial charge in [0.05, 0.1) is 35.2 Å². The summed E-state index contributed by atoms with van der Waals surface area (Å²) < 4.78 is 53.1. The highest BCUT2D eigenvalue weighted by Crippen LogP contribution is 2.36. The molecule has 0 unspecified atom stereocenters. The van der Waals surface area contributed by atoms with E-state index in [1.807, 2.05) is 13.0 Å². The normalized spacial score (nSPS) is 19.0. The van der Waals surface area contributed by atoms with E-state index in [9.17, 15) is 4.79 Å². The van der Waals surface area contributed by atoms with Crippen LogP contribution < -0.4 is 10.6 Å². The molecule has 34 heavy (non-hydrogen) atoms. The Morgan fingerprint density at radius 1 is 1.29 bits per heavy atom. The number of carbonyl (C=O) groups excluding carboxylic acids is 1. The van der Waals surface area contributed by atoms with Crippen LogP contribution in [0.1, 0.15) is 41.4 Å². The number of rotatable bonds is 5. The molecule has 3 heterocycles. The molecule has 1 aromatic carbocycles. The van der Waals surface area contributed by atoms with Crippen molar-refractivity contribution >= 4 is 24.0 Å². The van der Waals surface area contributed by atoms with E-state index in [4.69, 9.17) is 4.74 Å². The molecule has 2 aliphatic rings. The van der Waals surface area contributed by atoms with Gasteiger partial charge in [-0.3, -0.25) is 4.79 Å². The second-order valence-electron chi connectivity index (χ2n) is 9.16. The van der Waals surface area contributed by atoms with Crippen LogP contribution in [-0.2, 0) is 11.2 Å². The highest BCUT2D eigenvalue weighted by Gasteiger charge is 2.40. The van der Waals surface area contributed by atoms with Gasteiger partial charge >= 0.3 is 0 Å². The number of aromatic nitrogens is 2. The zero-order valence-electron chi connectivity index (χ0n) is 18.9. The minimum absolute atomic E-state index is 0. The Kier molecular flexibility index (Phi) is 6.63. The molecule has 2 N–H and O–H groups in total. The fraction of sp³-hybridized carbons (Fsp3) is 0.417. The molecule has 182 valence electrons. The van der Waals surface area contributed by atoms with Gasteiger partial charge in [0.15, 0.2) is 11.6 Å². The second kappa shape index (κ2) is 9.20. The number of carbonyl (C=O) groups is 1. The van der Waals surface area contributed by atoms with Crippen molar-refractivity contribution in [3.63, 3.8) is 0 Å². The largest absolute Gasteiger partial charge is 0.375 e. The number of hydrogen-bond acceptors (Lipinski definition) is 4. The van der Waals surface area contributed by atoms with E-state index >= 15 is 13.2 Å². The first-order valence-electron chi connectivity index (χ1n) is 11.1. The molecule has 1 atom stereocenters. The van der Waals surface area contributed by atoms with Crippen LogP contribution in [0, 0.1) is 24.4 Å². The van der Waals surface area contributed by atoms with E-state index in [-0.39, 0.29) is 24.2 Å². The summed E-state index contributed by atoms with van der Waals surface area (Å²) in [7, 11) is 0. The lowest BCUT2D eigenvalue weighted by atomic mass is 10.0. The Labute approximate surface area is 201 Å². The standard InChI is InChI=1S/C24H25F3N4O2.ClH/c1-13-3-7-31-17(10-14-12-28-6-8-33-14)22(29-18(31)9-13)19-16(25)11-15(20(26)21(19)27)23(32)30-24(2)4-5-24;/h3,7,9,11,14,28H,4-6,8,10,12H2,1-2H3,(H,30,32);1H/t14-;/m0./s1. The molecule has 1 saturated carbocycles. The molecule has 0 spiro atoms. The Morgan fingerprint density at radius 2 is 2.06 bits per heavy atom. The van der Waals surface area contributed by atoms with Crippen molar-refractivity contribution in [3.05, 3.63) is 58.7 Å². The van der Waals surface area contributed by atoms with E-state index in [1.54, 1.807) is 23.6 Å². The van der Waals surface area contributed by atoms with Gasteiger partial charge in [-0.2, -0.15) is 0 Å². The number of benzene rings is 1. The van der Waals surface area contributed by atoms with Crippen LogP contribution in [0.25, 0.3) is 16.9 Å². The van der Waals surface area contributed by atoms with Crippen LogP contribution in [0.2, 0.25) is 0 Å². The van der Waals surface area contributed by atoms with Crippen molar-refractivity contribution < 1.29 is 22.7 Å². The van der Waals surface area contributed by atoms with Gasteiger partial charge in [-0.15, -0.1) is 12.4 Å². The molecule has 1 aliphatic carbocycles. The average Bonchev–Trinajstić information content (AvgIpc) is 3.41. The number of nitrogens with zero attached hydrogens (tertiary/aromatic N) is 2. The molecule has 1 amide bonds. The molecular formula is C24H26ClF3N4O2. The number of imidazole rings is 1. The molecule has 0 radical (unpaired) electrons. The number of halogens is 4. The summed E-state index contributed by atoms with van der Waals surface area (Å²) in [5.74, 6) is -4.68. The highest BCUT2D eigenvalue weighted by molar-refractivity contribution is 5.96. The third-order valence-corrected chi connectivity index (χ3v) is 6.36. The first-order chi connectivity index (χ1) is 15.8. The van der Waals surface area contributed by atoms with E-state index in [1.165, 1.54) is 0 Å².